The Hall–Kier alpha value is -4.39. The molecule has 1 aliphatic carbocycles. The molecule has 0 amide bonds. The van der Waals surface area contributed by atoms with E-state index in [1.54, 1.807) is 19.1 Å². The number of nitro groups is 1. The van der Waals surface area contributed by atoms with E-state index in [-0.39, 0.29) is 24.0 Å². The van der Waals surface area contributed by atoms with Crippen LogP contribution in [-0.4, -0.2) is 29.0 Å². The fourth-order valence-electron chi connectivity index (χ4n) is 5.52. The first kappa shape index (κ1) is 25.3. The number of hydrogen-bond donors (Lipinski definition) is 0. The highest BCUT2D eigenvalue weighted by Gasteiger charge is 2.45. The fourth-order valence-corrected chi connectivity index (χ4v) is 5.52. The van der Waals surface area contributed by atoms with Gasteiger partial charge in [-0.05, 0) is 36.0 Å². The molecule has 192 valence electrons. The molecule has 0 aromatic heterocycles. The van der Waals surface area contributed by atoms with Crippen molar-refractivity contribution >= 4 is 23.2 Å². The van der Waals surface area contributed by atoms with E-state index < -0.39 is 22.7 Å². The predicted molar refractivity (Wildman–Crippen MR) is 144 cm³/mol. The molecular formula is C31H28N2O5. The van der Waals surface area contributed by atoms with Crippen molar-refractivity contribution in [3.63, 3.8) is 0 Å². The van der Waals surface area contributed by atoms with E-state index in [2.05, 4.69) is 0 Å². The number of hydrogen-bond acceptors (Lipinski definition) is 6. The molecule has 0 saturated heterocycles. The molecule has 38 heavy (non-hydrogen) atoms. The Kier molecular flexibility index (Phi) is 7.26. The number of allylic oxidation sites excluding steroid dienone is 2. The van der Waals surface area contributed by atoms with Gasteiger partial charge in [0.15, 0.2) is 5.78 Å². The van der Waals surface area contributed by atoms with E-state index in [0.29, 0.717) is 41.8 Å². The van der Waals surface area contributed by atoms with Crippen LogP contribution in [0.2, 0.25) is 0 Å². The minimum atomic E-state index is -0.844. The number of ether oxygens (including phenoxy) is 1. The summed E-state index contributed by atoms with van der Waals surface area (Å²) in [7, 11) is 0. The smallest absolute Gasteiger partial charge is 0.315 e. The normalized spacial score (nSPS) is 20.9. The molecule has 1 heterocycles. The maximum atomic E-state index is 13.7. The number of nitrogens with zero attached hydrogens (tertiary/aromatic N) is 2. The van der Waals surface area contributed by atoms with Crippen molar-refractivity contribution in [1.82, 2.24) is 0 Å². The zero-order chi connectivity index (χ0) is 26.6. The van der Waals surface area contributed by atoms with E-state index in [9.17, 15) is 19.7 Å². The number of Topliss-reactive ketones (excluding diaryl/α,β-unsaturated/α-hetero) is 1. The van der Waals surface area contributed by atoms with Crippen molar-refractivity contribution in [3.05, 3.63) is 123 Å². The van der Waals surface area contributed by atoms with Gasteiger partial charge in [-0.3, -0.25) is 24.7 Å². The number of rotatable bonds is 7. The minimum Gasteiger partial charge on any atom is -0.465 e. The molecule has 7 heteroatoms. The van der Waals surface area contributed by atoms with Crippen LogP contribution in [0.3, 0.4) is 0 Å². The molecule has 0 fully saturated rings. The lowest BCUT2D eigenvalue weighted by Crippen LogP contribution is -2.38. The molecule has 1 unspecified atom stereocenters. The largest absolute Gasteiger partial charge is 0.465 e. The second-order valence-corrected chi connectivity index (χ2v) is 9.76. The molecule has 3 aromatic rings. The fraction of sp³-hybridized carbons (Fsp3) is 0.258. The second-order valence-electron chi connectivity index (χ2n) is 9.76. The minimum absolute atomic E-state index is 0.0147. The van der Waals surface area contributed by atoms with Crippen molar-refractivity contribution in [2.75, 3.05) is 6.61 Å². The van der Waals surface area contributed by atoms with Crippen LogP contribution >= 0.6 is 0 Å². The highest BCUT2D eigenvalue weighted by atomic mass is 16.6. The van der Waals surface area contributed by atoms with Crippen molar-refractivity contribution in [2.24, 2.45) is 10.9 Å². The maximum Gasteiger partial charge on any atom is 0.315 e. The summed E-state index contributed by atoms with van der Waals surface area (Å²) in [6.45, 7) is 1.96. The number of non-ortho nitro benzene ring substituents is 1. The number of nitro benzene ring substituents is 1. The first-order chi connectivity index (χ1) is 18.4. The lowest BCUT2D eigenvalue weighted by molar-refractivity contribution is -0.384. The van der Waals surface area contributed by atoms with Crippen LogP contribution in [0.4, 0.5) is 5.69 Å². The molecule has 2 aliphatic rings. The third-order valence-corrected chi connectivity index (χ3v) is 7.33. The van der Waals surface area contributed by atoms with Gasteiger partial charge in [-0.2, -0.15) is 0 Å². The van der Waals surface area contributed by atoms with Crippen LogP contribution in [-0.2, 0) is 20.7 Å². The number of ketones is 1. The Morgan fingerprint density at radius 3 is 2.37 bits per heavy atom. The van der Waals surface area contributed by atoms with Crippen LogP contribution in [0.1, 0.15) is 48.3 Å². The number of aliphatic imine (C=N–C) groups is 1. The van der Waals surface area contributed by atoms with E-state index in [4.69, 9.17) is 9.73 Å². The van der Waals surface area contributed by atoms with Crippen LogP contribution in [0, 0.1) is 16.0 Å². The van der Waals surface area contributed by atoms with Gasteiger partial charge in [-0.15, -0.1) is 0 Å². The van der Waals surface area contributed by atoms with Crippen molar-refractivity contribution in [2.45, 2.75) is 38.0 Å². The summed E-state index contributed by atoms with van der Waals surface area (Å²) in [6.07, 6.45) is 1.41. The number of carbonyl (C=O) groups is 2. The van der Waals surface area contributed by atoms with Crippen LogP contribution in [0.25, 0.3) is 0 Å². The molecule has 0 saturated carbocycles. The third kappa shape index (κ3) is 5.18. The van der Waals surface area contributed by atoms with Crippen molar-refractivity contribution in [1.29, 1.82) is 0 Å². The van der Waals surface area contributed by atoms with Gasteiger partial charge in [0.1, 0.15) is 5.92 Å². The van der Waals surface area contributed by atoms with Gasteiger partial charge in [0.25, 0.3) is 5.69 Å². The molecule has 7 nitrogen and oxygen atoms in total. The quantitative estimate of drug-likeness (QED) is 0.223. The average molecular weight is 509 g/mol. The standard InChI is InChI=1S/C31H28N2O5/c1-20-28(31(35)38-16-15-21-9-4-2-5-10-21)29(23-13-8-14-25(17-23)33(36)37)30-26(32-20)18-24(19-27(30)34)22-11-6-3-7-12-22/h2-14,17,24,28-29H,15-16,18-19H2,1H3/t24-,28?,29+/m0/s1. The first-order valence-corrected chi connectivity index (χ1v) is 12.7. The molecule has 3 aromatic carbocycles. The highest BCUT2D eigenvalue weighted by molar-refractivity contribution is 6.09. The first-order valence-electron chi connectivity index (χ1n) is 12.7. The maximum absolute atomic E-state index is 13.7. The number of carbonyl (C=O) groups excluding carboxylic acids is 2. The van der Waals surface area contributed by atoms with Gasteiger partial charge < -0.3 is 4.74 Å². The highest BCUT2D eigenvalue weighted by Crippen LogP contribution is 2.47. The summed E-state index contributed by atoms with van der Waals surface area (Å²) in [5, 5.41) is 11.5. The lowest BCUT2D eigenvalue weighted by Gasteiger charge is -2.36. The van der Waals surface area contributed by atoms with Gasteiger partial charge in [0.2, 0.25) is 0 Å². The molecule has 1 aliphatic heterocycles. The van der Waals surface area contributed by atoms with Crippen LogP contribution < -0.4 is 0 Å². The average Bonchev–Trinajstić information content (AvgIpc) is 2.93. The second kappa shape index (κ2) is 10.9. The SMILES string of the molecule is CC1=NC2=C(C(=O)C[C@@H](c3ccccc3)C2)[C@H](c2cccc([N+](=O)[O-])c2)C1C(=O)OCCc1ccccc1. The monoisotopic (exact) mass is 508 g/mol. The summed E-state index contributed by atoms with van der Waals surface area (Å²) < 4.78 is 5.70. The number of esters is 1. The molecular weight excluding hydrogens is 480 g/mol. The summed E-state index contributed by atoms with van der Waals surface area (Å²) >= 11 is 0. The van der Waals surface area contributed by atoms with Gasteiger partial charge in [0, 0.05) is 47.9 Å². The van der Waals surface area contributed by atoms with Gasteiger partial charge >= 0.3 is 5.97 Å². The molecule has 0 N–H and O–H groups in total. The number of benzene rings is 3. The van der Waals surface area contributed by atoms with Crippen LogP contribution in [0.5, 0.6) is 0 Å². The molecule has 3 atom stereocenters. The predicted octanol–water partition coefficient (Wildman–Crippen LogP) is 5.96. The Bertz CT molecular complexity index is 1430. The molecule has 0 radical (unpaired) electrons. The van der Waals surface area contributed by atoms with E-state index in [1.807, 2.05) is 60.7 Å². The van der Waals surface area contributed by atoms with E-state index in [0.717, 1.165) is 11.1 Å². The summed E-state index contributed by atoms with van der Waals surface area (Å²) in [4.78, 5) is 43.0. The Balaban J connectivity index is 1.49. The Morgan fingerprint density at radius 1 is 0.974 bits per heavy atom. The van der Waals surface area contributed by atoms with Crippen molar-refractivity contribution in [3.8, 4) is 0 Å². The topological polar surface area (TPSA) is 98.9 Å². The van der Waals surface area contributed by atoms with E-state index in [1.165, 1.54) is 12.1 Å². The molecule has 0 bridgehead atoms. The Labute approximate surface area is 221 Å². The summed E-state index contributed by atoms with van der Waals surface area (Å²) in [6, 6.07) is 25.8. The molecule has 5 rings (SSSR count). The molecule has 0 spiro atoms. The summed E-state index contributed by atoms with van der Waals surface area (Å²) in [5.41, 5.74) is 4.22. The van der Waals surface area contributed by atoms with Gasteiger partial charge in [-0.25, -0.2) is 0 Å². The lowest BCUT2D eigenvalue weighted by atomic mass is 9.69. The van der Waals surface area contributed by atoms with Gasteiger partial charge in [0.05, 0.1) is 11.5 Å². The third-order valence-electron chi connectivity index (χ3n) is 7.33. The summed E-state index contributed by atoms with van der Waals surface area (Å²) in [5.74, 6) is -2.13. The zero-order valence-electron chi connectivity index (χ0n) is 21.1. The van der Waals surface area contributed by atoms with Gasteiger partial charge in [-0.1, -0.05) is 72.8 Å². The van der Waals surface area contributed by atoms with Crippen LogP contribution in [0.15, 0.2) is 101 Å². The van der Waals surface area contributed by atoms with E-state index >= 15 is 0 Å². The van der Waals surface area contributed by atoms with Crippen molar-refractivity contribution < 1.29 is 19.2 Å². The zero-order valence-corrected chi connectivity index (χ0v) is 21.1. The Morgan fingerprint density at radius 2 is 1.66 bits per heavy atom.